The van der Waals surface area contributed by atoms with Crippen LogP contribution >= 0.6 is 22.7 Å². The van der Waals surface area contributed by atoms with Gasteiger partial charge in [-0.05, 0) is 56.3 Å². The number of esters is 1. The summed E-state index contributed by atoms with van der Waals surface area (Å²) in [6.45, 7) is 7.83. The van der Waals surface area contributed by atoms with E-state index in [4.69, 9.17) is 4.74 Å². The highest BCUT2D eigenvalue weighted by molar-refractivity contribution is 7.18. The van der Waals surface area contributed by atoms with Gasteiger partial charge >= 0.3 is 5.97 Å². The molecule has 7 heteroatoms. The van der Waals surface area contributed by atoms with E-state index in [9.17, 15) is 9.59 Å². The van der Waals surface area contributed by atoms with E-state index in [0.29, 0.717) is 10.2 Å². The van der Waals surface area contributed by atoms with Crippen molar-refractivity contribution in [1.82, 2.24) is 9.97 Å². The van der Waals surface area contributed by atoms with Crippen molar-refractivity contribution in [2.45, 2.75) is 27.7 Å². The van der Waals surface area contributed by atoms with Crippen LogP contribution in [0.5, 0.6) is 0 Å². The van der Waals surface area contributed by atoms with Gasteiger partial charge in [-0.25, -0.2) is 9.78 Å². The Morgan fingerprint density at radius 3 is 2.76 bits per heavy atom. The number of ether oxygens (including phenoxy) is 1. The molecule has 0 spiro atoms. The van der Waals surface area contributed by atoms with Crippen LogP contribution in [0.25, 0.3) is 21.9 Å². The molecular weight excluding hydrogens is 356 g/mol. The molecule has 25 heavy (non-hydrogen) atoms. The molecule has 0 aromatic carbocycles. The van der Waals surface area contributed by atoms with E-state index in [-0.39, 0.29) is 23.6 Å². The first kappa shape index (κ1) is 17.6. The van der Waals surface area contributed by atoms with Gasteiger partial charge in [-0.2, -0.15) is 0 Å². The number of nitrogens with zero attached hydrogens (tertiary/aromatic N) is 1. The lowest BCUT2D eigenvalue weighted by Crippen LogP contribution is -2.15. The summed E-state index contributed by atoms with van der Waals surface area (Å²) in [4.78, 5) is 34.9. The minimum Gasteiger partial charge on any atom is -0.462 e. The summed E-state index contributed by atoms with van der Waals surface area (Å²) in [5.74, 6) is -0.257. The first-order chi connectivity index (χ1) is 11.9. The predicted molar refractivity (Wildman–Crippen MR) is 103 cm³/mol. The van der Waals surface area contributed by atoms with E-state index in [0.717, 1.165) is 20.9 Å². The van der Waals surface area contributed by atoms with Gasteiger partial charge in [0.1, 0.15) is 16.2 Å². The molecule has 5 nitrogen and oxygen atoms in total. The van der Waals surface area contributed by atoms with Gasteiger partial charge in [0.15, 0.2) is 0 Å². The lowest BCUT2D eigenvalue weighted by Gasteiger charge is -2.07. The minimum absolute atomic E-state index is 0.236. The average Bonchev–Trinajstić information content (AvgIpc) is 3.08. The molecule has 0 aliphatic rings. The maximum atomic E-state index is 12.5. The van der Waals surface area contributed by atoms with Gasteiger partial charge in [0.05, 0.1) is 12.0 Å². The van der Waals surface area contributed by atoms with Crippen LogP contribution in [-0.4, -0.2) is 22.5 Å². The Hall–Kier alpha value is -2.25. The van der Waals surface area contributed by atoms with Crippen LogP contribution < -0.4 is 5.56 Å². The highest BCUT2D eigenvalue weighted by Gasteiger charge is 2.20. The summed E-state index contributed by atoms with van der Waals surface area (Å²) in [5.41, 5.74) is 2.00. The van der Waals surface area contributed by atoms with Gasteiger partial charge in [-0.3, -0.25) is 4.79 Å². The number of aromatic nitrogens is 2. The molecule has 3 aromatic heterocycles. The number of carbonyl (C=O) groups excluding carboxylic acids is 1. The third kappa shape index (κ3) is 3.29. The molecule has 3 heterocycles. The summed E-state index contributed by atoms with van der Waals surface area (Å²) >= 11 is 2.97. The molecule has 3 rings (SSSR count). The molecule has 0 radical (unpaired) electrons. The van der Waals surface area contributed by atoms with Gasteiger partial charge in [0, 0.05) is 9.75 Å². The number of fused-ring (bicyclic) bond motifs is 1. The van der Waals surface area contributed by atoms with Gasteiger partial charge in [-0.15, -0.1) is 22.7 Å². The molecule has 3 aromatic rings. The normalized spacial score (nSPS) is 11.9. The third-order valence-corrected chi connectivity index (χ3v) is 6.03. The molecule has 0 saturated carbocycles. The zero-order valence-electron chi connectivity index (χ0n) is 14.4. The standard InChI is InChI=1S/C18H18N2O3S2/c1-5-23-18(22)12(8-13-9(2)6-7-24-13)15-19-16(21)14-10(3)11(4)25-17(14)20-15/h6-8H,5H2,1-4H3,(H,19,20,21)/b12-8-. The van der Waals surface area contributed by atoms with Crippen LogP contribution in [0, 0.1) is 20.8 Å². The fourth-order valence-electron chi connectivity index (χ4n) is 2.48. The van der Waals surface area contributed by atoms with Crippen molar-refractivity contribution in [2.75, 3.05) is 6.61 Å². The lowest BCUT2D eigenvalue weighted by molar-refractivity contribution is -0.136. The van der Waals surface area contributed by atoms with Gasteiger partial charge in [0.25, 0.3) is 5.56 Å². The Labute approximate surface area is 153 Å². The van der Waals surface area contributed by atoms with Crippen LogP contribution in [0.2, 0.25) is 0 Å². The Morgan fingerprint density at radius 2 is 2.12 bits per heavy atom. The number of nitrogens with one attached hydrogen (secondary N) is 1. The molecule has 0 bridgehead atoms. The van der Waals surface area contributed by atoms with Crippen LogP contribution in [-0.2, 0) is 9.53 Å². The summed E-state index contributed by atoms with van der Waals surface area (Å²) < 4.78 is 5.17. The number of aryl methyl sites for hydroxylation is 3. The van der Waals surface area contributed by atoms with Crippen molar-refractivity contribution in [3.05, 3.63) is 48.5 Å². The molecule has 0 aliphatic carbocycles. The van der Waals surface area contributed by atoms with Gasteiger partial charge in [-0.1, -0.05) is 0 Å². The van der Waals surface area contributed by atoms with E-state index in [1.807, 2.05) is 32.2 Å². The second-order valence-corrected chi connectivity index (χ2v) is 7.78. The van der Waals surface area contributed by atoms with Crippen LogP contribution in [0.1, 0.15) is 33.6 Å². The molecule has 0 atom stereocenters. The molecule has 0 fully saturated rings. The second kappa shape index (κ2) is 6.93. The van der Waals surface area contributed by atoms with E-state index in [2.05, 4.69) is 9.97 Å². The Kier molecular flexibility index (Phi) is 4.87. The summed E-state index contributed by atoms with van der Waals surface area (Å²) in [7, 11) is 0. The van der Waals surface area contributed by atoms with Crippen LogP contribution in [0.3, 0.4) is 0 Å². The third-order valence-electron chi connectivity index (χ3n) is 3.97. The molecule has 130 valence electrons. The Balaban J connectivity index is 2.21. The zero-order valence-corrected chi connectivity index (χ0v) is 16.1. The largest absolute Gasteiger partial charge is 0.462 e. The van der Waals surface area contributed by atoms with E-state index in [1.165, 1.54) is 22.7 Å². The van der Waals surface area contributed by atoms with Crippen LogP contribution in [0.15, 0.2) is 16.2 Å². The Bertz CT molecular complexity index is 1040. The summed E-state index contributed by atoms with van der Waals surface area (Å²) in [5, 5.41) is 2.54. The number of thiophene rings is 2. The number of H-pyrrole nitrogens is 1. The topological polar surface area (TPSA) is 72.0 Å². The number of carbonyl (C=O) groups is 1. The van der Waals surface area contributed by atoms with Crippen molar-refractivity contribution < 1.29 is 9.53 Å². The fraction of sp³-hybridized carbons (Fsp3) is 0.278. The lowest BCUT2D eigenvalue weighted by atomic mass is 10.1. The van der Waals surface area contributed by atoms with Crippen molar-refractivity contribution >= 4 is 50.5 Å². The molecule has 0 amide bonds. The molecule has 0 unspecified atom stereocenters. The minimum atomic E-state index is -0.497. The SMILES string of the molecule is CCOC(=O)/C(=C\c1sccc1C)c1nc2sc(C)c(C)c2c(=O)[nH]1. The van der Waals surface area contributed by atoms with Crippen molar-refractivity contribution in [1.29, 1.82) is 0 Å². The van der Waals surface area contributed by atoms with Gasteiger partial charge in [0.2, 0.25) is 0 Å². The first-order valence-electron chi connectivity index (χ1n) is 7.85. The summed E-state index contributed by atoms with van der Waals surface area (Å²) in [6.07, 6.45) is 1.73. The average molecular weight is 374 g/mol. The maximum absolute atomic E-state index is 12.5. The predicted octanol–water partition coefficient (Wildman–Crippen LogP) is 4.08. The number of aromatic amines is 1. The molecule has 1 N–H and O–H groups in total. The number of hydrogen-bond acceptors (Lipinski definition) is 6. The highest BCUT2D eigenvalue weighted by Crippen LogP contribution is 2.28. The van der Waals surface area contributed by atoms with Crippen molar-refractivity contribution in [3.8, 4) is 0 Å². The van der Waals surface area contributed by atoms with E-state index < -0.39 is 5.97 Å². The van der Waals surface area contributed by atoms with Crippen LogP contribution in [0.4, 0.5) is 0 Å². The highest BCUT2D eigenvalue weighted by atomic mass is 32.1. The number of hydrogen-bond donors (Lipinski definition) is 1. The molecule has 0 saturated heterocycles. The van der Waals surface area contributed by atoms with Crippen molar-refractivity contribution in [2.24, 2.45) is 0 Å². The summed E-state index contributed by atoms with van der Waals surface area (Å²) in [6, 6.07) is 1.98. The van der Waals surface area contributed by atoms with Gasteiger partial charge < -0.3 is 9.72 Å². The molecule has 0 aliphatic heterocycles. The maximum Gasteiger partial charge on any atom is 0.341 e. The number of rotatable bonds is 4. The second-order valence-electron chi connectivity index (χ2n) is 5.62. The van der Waals surface area contributed by atoms with Crippen molar-refractivity contribution in [3.63, 3.8) is 0 Å². The first-order valence-corrected chi connectivity index (χ1v) is 9.55. The van der Waals surface area contributed by atoms with E-state index >= 15 is 0 Å². The molecular formula is C18H18N2O3S2. The van der Waals surface area contributed by atoms with E-state index in [1.54, 1.807) is 13.0 Å². The zero-order chi connectivity index (χ0) is 18.1. The Morgan fingerprint density at radius 1 is 1.36 bits per heavy atom. The fourth-order valence-corrected chi connectivity index (χ4v) is 4.37. The smallest absolute Gasteiger partial charge is 0.341 e. The quantitative estimate of drug-likeness (QED) is 0.552. The monoisotopic (exact) mass is 374 g/mol.